The molecular weight excluding hydrogens is 152 g/mol. The molecular formula is C8H20N4. The molecule has 72 valence electrons. The lowest BCUT2D eigenvalue weighted by atomic mass is 10.3. The lowest BCUT2D eigenvalue weighted by Gasteiger charge is -2.13. The predicted octanol–water partition coefficient (Wildman–Crippen LogP) is 0.602. The van der Waals surface area contributed by atoms with Crippen molar-refractivity contribution in [1.82, 2.24) is 10.7 Å². The van der Waals surface area contributed by atoms with Crippen molar-refractivity contribution in [2.45, 2.75) is 46.2 Å². The van der Waals surface area contributed by atoms with Crippen LogP contribution >= 0.6 is 0 Å². The molecule has 0 aliphatic heterocycles. The van der Waals surface area contributed by atoms with Crippen molar-refractivity contribution in [3.05, 3.63) is 0 Å². The van der Waals surface area contributed by atoms with Crippen LogP contribution in [-0.2, 0) is 0 Å². The van der Waals surface area contributed by atoms with Crippen molar-refractivity contribution < 1.29 is 0 Å². The van der Waals surface area contributed by atoms with Gasteiger partial charge >= 0.3 is 0 Å². The number of rotatable bonds is 3. The summed E-state index contributed by atoms with van der Waals surface area (Å²) in [5.41, 5.74) is 2.54. The fourth-order valence-electron chi connectivity index (χ4n) is 0.701. The Morgan fingerprint density at radius 1 is 1.42 bits per heavy atom. The molecule has 0 fully saturated rings. The van der Waals surface area contributed by atoms with E-state index in [1.807, 2.05) is 13.8 Å². The van der Waals surface area contributed by atoms with Gasteiger partial charge in [0.1, 0.15) is 0 Å². The normalized spacial score (nSPS) is 14.7. The summed E-state index contributed by atoms with van der Waals surface area (Å²) < 4.78 is 0. The van der Waals surface area contributed by atoms with Crippen LogP contribution in [0.4, 0.5) is 0 Å². The van der Waals surface area contributed by atoms with Gasteiger partial charge in [-0.1, -0.05) is 6.92 Å². The Labute approximate surface area is 74.6 Å². The molecule has 0 spiro atoms. The second kappa shape index (κ2) is 5.83. The third-order valence-electron chi connectivity index (χ3n) is 1.50. The summed E-state index contributed by atoms with van der Waals surface area (Å²) in [5, 5.41) is 3.11. The molecule has 0 saturated carbocycles. The van der Waals surface area contributed by atoms with E-state index >= 15 is 0 Å². The zero-order valence-electron chi connectivity index (χ0n) is 8.39. The van der Waals surface area contributed by atoms with E-state index in [1.165, 1.54) is 0 Å². The predicted molar refractivity (Wildman–Crippen MR) is 52.8 cm³/mol. The summed E-state index contributed by atoms with van der Waals surface area (Å²) in [7, 11) is 0. The van der Waals surface area contributed by atoms with Gasteiger partial charge in [-0.15, -0.1) is 0 Å². The van der Waals surface area contributed by atoms with E-state index in [2.05, 4.69) is 29.6 Å². The van der Waals surface area contributed by atoms with E-state index in [0.717, 1.165) is 6.42 Å². The van der Waals surface area contributed by atoms with Crippen LogP contribution in [0.25, 0.3) is 0 Å². The second-order valence-electron chi connectivity index (χ2n) is 3.18. The van der Waals surface area contributed by atoms with Gasteiger partial charge in [-0.25, -0.2) is 10.8 Å². The number of guanidine groups is 1. The molecule has 0 saturated heterocycles. The molecule has 0 aliphatic carbocycles. The molecule has 0 aromatic carbocycles. The summed E-state index contributed by atoms with van der Waals surface area (Å²) in [4.78, 5) is 4.32. The maximum Gasteiger partial charge on any atom is 0.206 e. The summed E-state index contributed by atoms with van der Waals surface area (Å²) >= 11 is 0. The van der Waals surface area contributed by atoms with Gasteiger partial charge in [-0.2, -0.15) is 0 Å². The van der Waals surface area contributed by atoms with E-state index in [0.29, 0.717) is 18.0 Å². The molecule has 1 unspecified atom stereocenters. The van der Waals surface area contributed by atoms with Crippen LogP contribution in [0.5, 0.6) is 0 Å². The number of hydrazine groups is 1. The average molecular weight is 172 g/mol. The minimum atomic E-state index is 0.308. The maximum atomic E-state index is 5.28. The Morgan fingerprint density at radius 3 is 2.33 bits per heavy atom. The number of nitrogens with one attached hydrogen (secondary N) is 2. The van der Waals surface area contributed by atoms with Crippen LogP contribution in [0.2, 0.25) is 0 Å². The number of nitrogens with zero attached hydrogens (tertiary/aromatic N) is 1. The number of hydrogen-bond acceptors (Lipinski definition) is 2. The zero-order valence-corrected chi connectivity index (χ0v) is 8.39. The topological polar surface area (TPSA) is 62.4 Å². The van der Waals surface area contributed by atoms with Crippen LogP contribution in [0.3, 0.4) is 0 Å². The Bertz CT molecular complexity index is 142. The highest BCUT2D eigenvalue weighted by Crippen LogP contribution is 1.94. The standard InChI is InChI=1S/C8H20N4/c1-5-7(4)11-8(12-9)10-6(2)3/h6-7H,5,9H2,1-4H3,(H2,10,11,12). The first kappa shape index (κ1) is 11.2. The SMILES string of the molecule is CCC(C)N=C(NN)NC(C)C. The van der Waals surface area contributed by atoms with Gasteiger partial charge in [-0.05, 0) is 27.2 Å². The Hall–Kier alpha value is -0.770. The highest BCUT2D eigenvalue weighted by atomic mass is 15.3. The molecule has 0 aromatic heterocycles. The molecule has 0 bridgehead atoms. The third-order valence-corrected chi connectivity index (χ3v) is 1.50. The molecule has 12 heavy (non-hydrogen) atoms. The molecule has 4 N–H and O–H groups in total. The molecule has 0 heterocycles. The lowest BCUT2D eigenvalue weighted by Crippen LogP contribution is -2.45. The smallest absolute Gasteiger partial charge is 0.206 e. The largest absolute Gasteiger partial charge is 0.353 e. The fraction of sp³-hybridized carbons (Fsp3) is 0.875. The summed E-state index contributed by atoms with van der Waals surface area (Å²) in [6, 6.07) is 0.658. The monoisotopic (exact) mass is 172 g/mol. The molecule has 1 atom stereocenters. The first-order valence-corrected chi connectivity index (χ1v) is 4.41. The van der Waals surface area contributed by atoms with Crippen molar-refractivity contribution in [3.63, 3.8) is 0 Å². The fourth-order valence-corrected chi connectivity index (χ4v) is 0.701. The Kier molecular flexibility index (Phi) is 5.45. The van der Waals surface area contributed by atoms with E-state index < -0.39 is 0 Å². The Balaban J connectivity index is 4.03. The molecule has 0 aromatic rings. The van der Waals surface area contributed by atoms with Crippen molar-refractivity contribution in [2.75, 3.05) is 0 Å². The molecule has 4 nitrogen and oxygen atoms in total. The van der Waals surface area contributed by atoms with Crippen LogP contribution in [0.1, 0.15) is 34.1 Å². The van der Waals surface area contributed by atoms with Gasteiger partial charge in [0.05, 0.1) is 6.04 Å². The maximum absolute atomic E-state index is 5.28. The van der Waals surface area contributed by atoms with Crippen LogP contribution in [-0.4, -0.2) is 18.0 Å². The highest BCUT2D eigenvalue weighted by Gasteiger charge is 2.00. The van der Waals surface area contributed by atoms with Crippen molar-refractivity contribution >= 4 is 5.96 Å². The summed E-state index contributed by atoms with van der Waals surface area (Å²) in [6.07, 6.45) is 1.02. The van der Waals surface area contributed by atoms with Gasteiger partial charge in [0.15, 0.2) is 0 Å². The van der Waals surface area contributed by atoms with Crippen molar-refractivity contribution in [3.8, 4) is 0 Å². The number of aliphatic imine (C=N–C) groups is 1. The van der Waals surface area contributed by atoms with Gasteiger partial charge in [0.25, 0.3) is 0 Å². The summed E-state index contributed by atoms with van der Waals surface area (Å²) in [6.45, 7) is 8.24. The van der Waals surface area contributed by atoms with Crippen molar-refractivity contribution in [2.24, 2.45) is 10.8 Å². The van der Waals surface area contributed by atoms with E-state index in [-0.39, 0.29) is 0 Å². The van der Waals surface area contributed by atoms with Gasteiger partial charge < -0.3 is 5.32 Å². The molecule has 0 rings (SSSR count). The Morgan fingerprint density at radius 2 is 2.00 bits per heavy atom. The highest BCUT2D eigenvalue weighted by molar-refractivity contribution is 5.79. The van der Waals surface area contributed by atoms with Crippen LogP contribution in [0, 0.1) is 0 Å². The molecule has 0 amide bonds. The van der Waals surface area contributed by atoms with Crippen molar-refractivity contribution in [1.29, 1.82) is 0 Å². The van der Waals surface area contributed by atoms with Gasteiger partial charge in [0, 0.05) is 6.04 Å². The quantitative estimate of drug-likeness (QED) is 0.253. The van der Waals surface area contributed by atoms with Crippen LogP contribution in [0.15, 0.2) is 4.99 Å². The molecule has 0 radical (unpaired) electrons. The first-order valence-electron chi connectivity index (χ1n) is 4.41. The zero-order chi connectivity index (χ0) is 9.56. The van der Waals surface area contributed by atoms with E-state index in [4.69, 9.17) is 5.84 Å². The van der Waals surface area contributed by atoms with Gasteiger partial charge in [-0.3, -0.25) is 5.43 Å². The minimum Gasteiger partial charge on any atom is -0.353 e. The first-order chi connectivity index (χ1) is 5.60. The van der Waals surface area contributed by atoms with Gasteiger partial charge in [0.2, 0.25) is 5.96 Å². The third kappa shape index (κ3) is 4.96. The lowest BCUT2D eigenvalue weighted by molar-refractivity contribution is 0.666. The molecule has 4 heteroatoms. The van der Waals surface area contributed by atoms with E-state index in [9.17, 15) is 0 Å². The number of hydrogen-bond donors (Lipinski definition) is 3. The second-order valence-corrected chi connectivity index (χ2v) is 3.18. The minimum absolute atomic E-state index is 0.308. The number of nitrogens with two attached hydrogens (primary N) is 1. The van der Waals surface area contributed by atoms with E-state index in [1.54, 1.807) is 0 Å². The molecule has 0 aliphatic rings. The summed E-state index contributed by atoms with van der Waals surface area (Å²) in [5.74, 6) is 5.95. The average Bonchev–Trinajstić information content (AvgIpc) is 2.02. The van der Waals surface area contributed by atoms with Crippen LogP contribution < -0.4 is 16.6 Å².